The van der Waals surface area contributed by atoms with Gasteiger partial charge in [0.1, 0.15) is 12.4 Å². The lowest BCUT2D eigenvalue weighted by molar-refractivity contribution is 0.123. The maximum absolute atomic E-state index is 8.96. The van der Waals surface area contributed by atoms with Crippen LogP contribution in [-0.2, 0) is 0 Å². The Balaban J connectivity index is 1.91. The standard InChI is InChI=1S/C15H21N3O/c1-13-3-2-4-15(11-13)19-12-14(5-6-16)18-9-7-17-8-10-18/h2-4,11,14,17H,5,7-10,12H2,1H3. The van der Waals surface area contributed by atoms with E-state index >= 15 is 0 Å². The molecule has 1 aliphatic heterocycles. The molecule has 1 atom stereocenters. The van der Waals surface area contributed by atoms with Crippen molar-refractivity contribution in [3.8, 4) is 11.8 Å². The van der Waals surface area contributed by atoms with Crippen LogP contribution in [0.3, 0.4) is 0 Å². The molecule has 1 saturated heterocycles. The SMILES string of the molecule is Cc1cccc(OCC(CC#N)N2CCNCC2)c1. The van der Waals surface area contributed by atoms with Crippen LogP contribution in [0.4, 0.5) is 0 Å². The number of benzene rings is 1. The Bertz CT molecular complexity index is 435. The number of ether oxygens (including phenoxy) is 1. The van der Waals surface area contributed by atoms with Crippen molar-refractivity contribution in [2.45, 2.75) is 19.4 Å². The summed E-state index contributed by atoms with van der Waals surface area (Å²) < 4.78 is 5.84. The minimum absolute atomic E-state index is 0.188. The predicted molar refractivity (Wildman–Crippen MR) is 75.1 cm³/mol. The molecule has 4 nitrogen and oxygen atoms in total. The van der Waals surface area contributed by atoms with Crippen LogP contribution >= 0.6 is 0 Å². The van der Waals surface area contributed by atoms with Crippen molar-refractivity contribution in [1.82, 2.24) is 10.2 Å². The van der Waals surface area contributed by atoms with E-state index < -0.39 is 0 Å². The van der Waals surface area contributed by atoms with Crippen molar-refractivity contribution in [3.63, 3.8) is 0 Å². The van der Waals surface area contributed by atoms with Gasteiger partial charge in [-0.05, 0) is 24.6 Å². The van der Waals surface area contributed by atoms with Crippen LogP contribution in [0, 0.1) is 18.3 Å². The van der Waals surface area contributed by atoms with E-state index in [2.05, 4.69) is 29.3 Å². The molecule has 19 heavy (non-hydrogen) atoms. The lowest BCUT2D eigenvalue weighted by Crippen LogP contribution is -2.50. The molecule has 102 valence electrons. The second kappa shape index (κ2) is 7.13. The summed E-state index contributed by atoms with van der Waals surface area (Å²) >= 11 is 0. The summed E-state index contributed by atoms with van der Waals surface area (Å²) in [6.07, 6.45) is 0.520. The van der Waals surface area contributed by atoms with Gasteiger partial charge in [0.25, 0.3) is 0 Å². The van der Waals surface area contributed by atoms with Crippen LogP contribution in [0.25, 0.3) is 0 Å². The van der Waals surface area contributed by atoms with Crippen molar-refractivity contribution >= 4 is 0 Å². The highest BCUT2D eigenvalue weighted by Crippen LogP contribution is 2.14. The molecule has 0 aromatic heterocycles. The molecular weight excluding hydrogens is 238 g/mol. The molecule has 1 aromatic carbocycles. The maximum atomic E-state index is 8.96. The molecule has 1 N–H and O–H groups in total. The van der Waals surface area contributed by atoms with E-state index in [1.54, 1.807) is 0 Å². The third kappa shape index (κ3) is 4.23. The molecule has 1 heterocycles. The van der Waals surface area contributed by atoms with Gasteiger partial charge in [0.15, 0.2) is 0 Å². The fourth-order valence-corrected chi connectivity index (χ4v) is 2.34. The zero-order valence-corrected chi connectivity index (χ0v) is 11.4. The molecule has 4 heteroatoms. The first-order valence-electron chi connectivity index (χ1n) is 6.81. The molecule has 0 spiro atoms. The van der Waals surface area contributed by atoms with E-state index in [4.69, 9.17) is 10.00 Å². The summed E-state index contributed by atoms with van der Waals surface area (Å²) in [5.74, 6) is 0.887. The Hall–Kier alpha value is -1.57. The van der Waals surface area contributed by atoms with Crippen LogP contribution in [0.5, 0.6) is 5.75 Å². The molecule has 0 bridgehead atoms. The molecule has 1 aliphatic rings. The summed E-state index contributed by atoms with van der Waals surface area (Å²) in [5, 5.41) is 12.3. The van der Waals surface area contributed by atoms with Gasteiger partial charge in [0.2, 0.25) is 0 Å². The quantitative estimate of drug-likeness (QED) is 0.872. The van der Waals surface area contributed by atoms with Gasteiger partial charge in [-0.1, -0.05) is 12.1 Å². The summed E-state index contributed by atoms with van der Waals surface area (Å²) in [6, 6.07) is 10.5. The van der Waals surface area contributed by atoms with Crippen LogP contribution in [0.1, 0.15) is 12.0 Å². The van der Waals surface area contributed by atoms with E-state index in [0.29, 0.717) is 13.0 Å². The Morgan fingerprint density at radius 1 is 1.42 bits per heavy atom. The minimum atomic E-state index is 0.188. The zero-order chi connectivity index (χ0) is 13.5. The zero-order valence-electron chi connectivity index (χ0n) is 11.4. The first-order chi connectivity index (χ1) is 9.29. The van der Waals surface area contributed by atoms with Gasteiger partial charge in [0.05, 0.1) is 18.5 Å². The minimum Gasteiger partial charge on any atom is -0.492 e. The number of rotatable bonds is 5. The fourth-order valence-electron chi connectivity index (χ4n) is 2.34. The van der Waals surface area contributed by atoms with Crippen molar-refractivity contribution < 1.29 is 4.74 Å². The first kappa shape index (κ1) is 13.9. The fraction of sp³-hybridized carbons (Fsp3) is 0.533. The topological polar surface area (TPSA) is 48.3 Å². The monoisotopic (exact) mass is 259 g/mol. The number of nitrogens with one attached hydrogen (secondary N) is 1. The van der Waals surface area contributed by atoms with E-state index in [0.717, 1.165) is 31.9 Å². The molecule has 0 radical (unpaired) electrons. The Kier molecular flexibility index (Phi) is 5.20. The number of nitrogens with zero attached hydrogens (tertiary/aromatic N) is 2. The highest BCUT2D eigenvalue weighted by atomic mass is 16.5. The Morgan fingerprint density at radius 2 is 2.21 bits per heavy atom. The molecule has 1 fully saturated rings. The van der Waals surface area contributed by atoms with Gasteiger partial charge >= 0.3 is 0 Å². The van der Waals surface area contributed by atoms with Gasteiger partial charge in [-0.15, -0.1) is 0 Å². The lowest BCUT2D eigenvalue weighted by Gasteiger charge is -2.33. The second-order valence-corrected chi connectivity index (χ2v) is 4.93. The second-order valence-electron chi connectivity index (χ2n) is 4.93. The third-order valence-corrected chi connectivity index (χ3v) is 3.43. The predicted octanol–water partition coefficient (Wildman–Crippen LogP) is 1.56. The largest absolute Gasteiger partial charge is 0.492 e. The van der Waals surface area contributed by atoms with E-state index in [1.807, 2.05) is 18.2 Å². The van der Waals surface area contributed by atoms with Crippen molar-refractivity contribution in [3.05, 3.63) is 29.8 Å². The number of hydrogen-bond donors (Lipinski definition) is 1. The summed E-state index contributed by atoms with van der Waals surface area (Å²) in [5.41, 5.74) is 1.19. The summed E-state index contributed by atoms with van der Waals surface area (Å²) in [4.78, 5) is 2.34. The highest BCUT2D eigenvalue weighted by Gasteiger charge is 2.20. The smallest absolute Gasteiger partial charge is 0.119 e. The number of aryl methyl sites for hydroxylation is 1. The maximum Gasteiger partial charge on any atom is 0.119 e. The molecular formula is C15H21N3O. The first-order valence-corrected chi connectivity index (χ1v) is 6.81. The average Bonchev–Trinajstić information content (AvgIpc) is 2.44. The van der Waals surface area contributed by atoms with Gasteiger partial charge in [-0.25, -0.2) is 0 Å². The number of nitriles is 1. The molecule has 1 aromatic rings. The normalized spacial score (nSPS) is 17.7. The molecule has 0 saturated carbocycles. The molecule has 0 amide bonds. The number of hydrogen-bond acceptors (Lipinski definition) is 4. The van der Waals surface area contributed by atoms with Crippen LogP contribution in [-0.4, -0.2) is 43.7 Å². The van der Waals surface area contributed by atoms with Gasteiger partial charge in [-0.3, -0.25) is 4.90 Å². The van der Waals surface area contributed by atoms with Crippen molar-refractivity contribution in [1.29, 1.82) is 5.26 Å². The Labute approximate surface area is 115 Å². The van der Waals surface area contributed by atoms with E-state index in [-0.39, 0.29) is 6.04 Å². The summed E-state index contributed by atoms with van der Waals surface area (Å²) in [6.45, 7) is 6.60. The average molecular weight is 259 g/mol. The highest BCUT2D eigenvalue weighted by molar-refractivity contribution is 5.27. The lowest BCUT2D eigenvalue weighted by atomic mass is 10.1. The molecule has 2 rings (SSSR count). The van der Waals surface area contributed by atoms with Gasteiger partial charge < -0.3 is 10.1 Å². The van der Waals surface area contributed by atoms with Crippen molar-refractivity contribution in [2.24, 2.45) is 0 Å². The van der Waals surface area contributed by atoms with E-state index in [1.165, 1.54) is 5.56 Å². The van der Waals surface area contributed by atoms with Crippen molar-refractivity contribution in [2.75, 3.05) is 32.8 Å². The van der Waals surface area contributed by atoms with Crippen LogP contribution in [0.15, 0.2) is 24.3 Å². The number of piperazine rings is 1. The third-order valence-electron chi connectivity index (χ3n) is 3.43. The van der Waals surface area contributed by atoms with Gasteiger partial charge in [-0.2, -0.15) is 5.26 Å². The van der Waals surface area contributed by atoms with Crippen LogP contribution in [0.2, 0.25) is 0 Å². The van der Waals surface area contributed by atoms with Crippen LogP contribution < -0.4 is 10.1 Å². The summed E-state index contributed by atoms with van der Waals surface area (Å²) in [7, 11) is 0. The molecule has 1 unspecified atom stereocenters. The molecule has 0 aliphatic carbocycles. The Morgan fingerprint density at radius 3 is 2.89 bits per heavy atom. The van der Waals surface area contributed by atoms with Gasteiger partial charge in [0, 0.05) is 26.2 Å². The van der Waals surface area contributed by atoms with E-state index in [9.17, 15) is 0 Å².